The third-order valence-electron chi connectivity index (χ3n) is 3.53. The topological polar surface area (TPSA) is 17.8 Å². The van der Waals surface area contributed by atoms with E-state index in [1.165, 1.54) is 11.6 Å². The number of aryl methyl sites for hydroxylation is 1. The van der Waals surface area contributed by atoms with Gasteiger partial charge in [-0.15, -0.1) is 0 Å². The molecule has 1 aromatic heterocycles. The van der Waals surface area contributed by atoms with Crippen LogP contribution in [0.25, 0.3) is 0 Å². The molecule has 0 bridgehead atoms. The SMILES string of the molecule is Cc1nn(CC2CCC(F)(F)CC2)cc1C(F)(F)F. The molecule has 0 atom stereocenters. The minimum absolute atomic E-state index is 0.0278. The number of hydrogen-bond acceptors (Lipinski definition) is 1. The minimum atomic E-state index is -4.41. The number of halogens is 5. The summed E-state index contributed by atoms with van der Waals surface area (Å²) < 4.78 is 64.9. The fourth-order valence-corrected chi connectivity index (χ4v) is 2.44. The van der Waals surface area contributed by atoms with Crippen molar-refractivity contribution in [3.05, 3.63) is 17.5 Å². The molecule has 0 radical (unpaired) electrons. The zero-order valence-corrected chi connectivity index (χ0v) is 10.5. The van der Waals surface area contributed by atoms with Gasteiger partial charge in [0.2, 0.25) is 5.92 Å². The van der Waals surface area contributed by atoms with Crippen molar-refractivity contribution in [3.63, 3.8) is 0 Å². The molecule has 1 fully saturated rings. The van der Waals surface area contributed by atoms with Crippen molar-refractivity contribution in [3.8, 4) is 0 Å². The van der Waals surface area contributed by atoms with Crippen molar-refractivity contribution in [2.45, 2.75) is 51.3 Å². The Hall–Kier alpha value is -1.14. The molecule has 108 valence electrons. The van der Waals surface area contributed by atoms with E-state index >= 15 is 0 Å². The average molecular weight is 282 g/mol. The smallest absolute Gasteiger partial charge is 0.272 e. The number of hydrogen-bond donors (Lipinski definition) is 0. The van der Waals surface area contributed by atoms with Gasteiger partial charge in [0.25, 0.3) is 0 Å². The van der Waals surface area contributed by atoms with Gasteiger partial charge in [-0.2, -0.15) is 18.3 Å². The molecular formula is C12H15F5N2. The molecule has 0 unspecified atom stereocenters. The molecule has 1 saturated carbocycles. The molecule has 0 N–H and O–H groups in total. The number of rotatable bonds is 2. The standard InChI is InChI=1S/C12H15F5N2/c1-8-10(12(15,16)17)7-19(18-8)6-9-2-4-11(13,14)5-3-9/h7,9H,2-6H2,1H3. The summed E-state index contributed by atoms with van der Waals surface area (Å²) in [6.45, 7) is 1.57. The zero-order chi connectivity index (χ0) is 14.3. The van der Waals surface area contributed by atoms with Crippen LogP contribution >= 0.6 is 0 Å². The largest absolute Gasteiger partial charge is 0.419 e. The van der Waals surface area contributed by atoms with Gasteiger partial charge in [0.05, 0.1) is 11.3 Å². The third-order valence-corrected chi connectivity index (χ3v) is 3.53. The van der Waals surface area contributed by atoms with Gasteiger partial charge in [-0.3, -0.25) is 4.68 Å². The second kappa shape index (κ2) is 4.76. The molecular weight excluding hydrogens is 267 g/mol. The Kier molecular flexibility index (Phi) is 3.57. The Morgan fingerprint density at radius 3 is 2.37 bits per heavy atom. The molecule has 0 amide bonds. The van der Waals surface area contributed by atoms with Gasteiger partial charge in [0.1, 0.15) is 0 Å². The van der Waals surface area contributed by atoms with Gasteiger partial charge in [0, 0.05) is 25.6 Å². The highest BCUT2D eigenvalue weighted by Gasteiger charge is 2.37. The lowest BCUT2D eigenvalue weighted by atomic mass is 9.87. The molecule has 1 heterocycles. The second-order valence-electron chi connectivity index (χ2n) is 5.15. The first-order valence-corrected chi connectivity index (χ1v) is 6.16. The third kappa shape index (κ3) is 3.45. The van der Waals surface area contributed by atoms with Crippen molar-refractivity contribution < 1.29 is 22.0 Å². The van der Waals surface area contributed by atoms with Gasteiger partial charge >= 0.3 is 6.18 Å². The molecule has 1 aliphatic rings. The van der Waals surface area contributed by atoms with Crippen molar-refractivity contribution >= 4 is 0 Å². The van der Waals surface area contributed by atoms with Gasteiger partial charge in [-0.25, -0.2) is 8.78 Å². The van der Waals surface area contributed by atoms with E-state index in [1.807, 2.05) is 0 Å². The van der Waals surface area contributed by atoms with Gasteiger partial charge in [0.15, 0.2) is 0 Å². The van der Waals surface area contributed by atoms with Gasteiger partial charge in [-0.05, 0) is 25.7 Å². The molecule has 1 aliphatic carbocycles. The molecule has 0 saturated heterocycles. The summed E-state index contributed by atoms with van der Waals surface area (Å²) in [4.78, 5) is 0. The highest BCUT2D eigenvalue weighted by molar-refractivity contribution is 5.18. The first kappa shape index (κ1) is 14.3. The Morgan fingerprint density at radius 1 is 1.32 bits per heavy atom. The van der Waals surface area contributed by atoms with E-state index in [0.29, 0.717) is 12.8 Å². The van der Waals surface area contributed by atoms with Crippen LogP contribution in [0.1, 0.15) is 36.9 Å². The molecule has 0 aromatic carbocycles. The highest BCUT2D eigenvalue weighted by Crippen LogP contribution is 2.37. The number of aromatic nitrogens is 2. The van der Waals surface area contributed by atoms with Crippen LogP contribution in [-0.4, -0.2) is 15.7 Å². The summed E-state index contributed by atoms with van der Waals surface area (Å²) in [6, 6.07) is 0. The van der Waals surface area contributed by atoms with Crippen LogP contribution in [0.2, 0.25) is 0 Å². The van der Waals surface area contributed by atoms with E-state index < -0.39 is 17.7 Å². The van der Waals surface area contributed by atoms with Gasteiger partial charge < -0.3 is 0 Å². The fraction of sp³-hybridized carbons (Fsp3) is 0.750. The fourth-order valence-electron chi connectivity index (χ4n) is 2.44. The molecule has 0 aliphatic heterocycles. The lowest BCUT2D eigenvalue weighted by molar-refractivity contribution is -0.138. The van der Waals surface area contributed by atoms with E-state index in [-0.39, 0.29) is 31.0 Å². The Bertz CT molecular complexity index is 439. The first-order valence-electron chi connectivity index (χ1n) is 6.16. The quantitative estimate of drug-likeness (QED) is 0.749. The Morgan fingerprint density at radius 2 is 1.89 bits per heavy atom. The number of nitrogens with zero attached hydrogens (tertiary/aromatic N) is 2. The van der Waals surface area contributed by atoms with Crippen LogP contribution < -0.4 is 0 Å². The van der Waals surface area contributed by atoms with Crippen molar-refractivity contribution in [1.82, 2.24) is 9.78 Å². The van der Waals surface area contributed by atoms with E-state index in [0.717, 1.165) is 6.20 Å². The summed E-state index contributed by atoms with van der Waals surface area (Å²) in [5.74, 6) is -2.65. The monoisotopic (exact) mass is 282 g/mol. The average Bonchev–Trinajstić information content (AvgIpc) is 2.62. The summed E-state index contributed by atoms with van der Waals surface area (Å²) in [5, 5.41) is 3.82. The van der Waals surface area contributed by atoms with E-state index in [9.17, 15) is 22.0 Å². The molecule has 1 aromatic rings. The maximum absolute atomic E-state index is 13.0. The van der Waals surface area contributed by atoms with Crippen molar-refractivity contribution in [2.24, 2.45) is 5.92 Å². The van der Waals surface area contributed by atoms with E-state index in [2.05, 4.69) is 5.10 Å². The predicted molar refractivity (Wildman–Crippen MR) is 58.9 cm³/mol. The van der Waals surface area contributed by atoms with E-state index in [4.69, 9.17) is 0 Å². The Labute approximate surface area is 107 Å². The summed E-state index contributed by atoms with van der Waals surface area (Å²) >= 11 is 0. The minimum Gasteiger partial charge on any atom is -0.272 e. The molecule has 2 nitrogen and oxygen atoms in total. The van der Waals surface area contributed by atoms with Crippen LogP contribution in [0.4, 0.5) is 22.0 Å². The van der Waals surface area contributed by atoms with Crippen LogP contribution in [0.3, 0.4) is 0 Å². The summed E-state index contributed by atoms with van der Waals surface area (Å²) in [7, 11) is 0. The van der Waals surface area contributed by atoms with Crippen molar-refractivity contribution in [2.75, 3.05) is 0 Å². The Balaban J connectivity index is 2.01. The highest BCUT2D eigenvalue weighted by atomic mass is 19.4. The van der Waals surface area contributed by atoms with Crippen LogP contribution in [0.5, 0.6) is 0 Å². The molecule has 2 rings (SSSR count). The maximum Gasteiger partial charge on any atom is 0.419 e. The molecule has 7 heteroatoms. The maximum atomic E-state index is 13.0. The van der Waals surface area contributed by atoms with E-state index in [1.54, 1.807) is 0 Å². The normalized spacial score (nSPS) is 20.7. The van der Waals surface area contributed by atoms with Crippen LogP contribution in [-0.2, 0) is 12.7 Å². The summed E-state index contributed by atoms with van der Waals surface area (Å²) in [5.41, 5.74) is -0.831. The molecule has 0 spiro atoms. The van der Waals surface area contributed by atoms with Crippen molar-refractivity contribution in [1.29, 1.82) is 0 Å². The first-order chi connectivity index (χ1) is 8.67. The van der Waals surface area contributed by atoms with Gasteiger partial charge in [-0.1, -0.05) is 0 Å². The second-order valence-corrected chi connectivity index (χ2v) is 5.15. The molecule has 19 heavy (non-hydrogen) atoms. The zero-order valence-electron chi connectivity index (χ0n) is 10.5. The summed E-state index contributed by atoms with van der Waals surface area (Å²) in [6.07, 6.45) is -3.18. The number of alkyl halides is 5. The van der Waals surface area contributed by atoms with Crippen LogP contribution in [0, 0.1) is 12.8 Å². The predicted octanol–water partition coefficient (Wildman–Crippen LogP) is 4.04. The lowest BCUT2D eigenvalue weighted by Crippen LogP contribution is -2.26. The van der Waals surface area contributed by atoms with Crippen LogP contribution in [0.15, 0.2) is 6.20 Å². The lowest BCUT2D eigenvalue weighted by Gasteiger charge is -2.28.